The van der Waals surface area contributed by atoms with Crippen molar-refractivity contribution in [3.05, 3.63) is 53.1 Å². The van der Waals surface area contributed by atoms with Gasteiger partial charge in [0.1, 0.15) is 18.5 Å². The number of fused-ring (bicyclic) bond motifs is 1. The molecule has 0 radical (unpaired) electrons. The summed E-state index contributed by atoms with van der Waals surface area (Å²) in [6, 6.07) is 13.9. The highest BCUT2D eigenvalue weighted by atomic mass is 35.5. The Morgan fingerprint density at radius 2 is 2.00 bits per heavy atom. The maximum atomic E-state index is 11.5. The van der Waals surface area contributed by atoms with E-state index < -0.39 is 6.10 Å². The third kappa shape index (κ3) is 5.06. The quantitative estimate of drug-likeness (QED) is 0.738. The normalized spacial score (nSPS) is 20.4. The number of piperazine rings is 1. The van der Waals surface area contributed by atoms with Gasteiger partial charge in [-0.05, 0) is 61.4 Å². The summed E-state index contributed by atoms with van der Waals surface area (Å²) in [6.07, 6.45) is 0.653. The minimum absolute atomic E-state index is 0.0527. The summed E-state index contributed by atoms with van der Waals surface area (Å²) >= 11 is 5.99. The molecule has 2 aromatic rings. The zero-order valence-corrected chi connectivity index (χ0v) is 17.9. The monoisotopic (exact) mass is 429 g/mol. The lowest BCUT2D eigenvalue weighted by atomic mass is 10.0. The maximum absolute atomic E-state index is 11.5. The predicted molar refractivity (Wildman–Crippen MR) is 120 cm³/mol. The summed E-state index contributed by atoms with van der Waals surface area (Å²) in [7, 11) is 0. The number of benzene rings is 2. The van der Waals surface area contributed by atoms with Crippen LogP contribution in [-0.2, 0) is 11.2 Å². The van der Waals surface area contributed by atoms with Crippen molar-refractivity contribution < 1.29 is 14.6 Å². The number of anilines is 2. The first-order chi connectivity index (χ1) is 14.5. The van der Waals surface area contributed by atoms with Gasteiger partial charge in [-0.3, -0.25) is 9.69 Å². The highest BCUT2D eigenvalue weighted by Gasteiger charge is 2.26. The molecule has 160 valence electrons. The van der Waals surface area contributed by atoms with Gasteiger partial charge in [-0.2, -0.15) is 0 Å². The molecule has 2 N–H and O–H groups in total. The fourth-order valence-electron chi connectivity index (χ4n) is 4.12. The third-order valence-corrected chi connectivity index (χ3v) is 6.07. The zero-order chi connectivity index (χ0) is 21.1. The van der Waals surface area contributed by atoms with Crippen LogP contribution in [0.5, 0.6) is 5.75 Å². The maximum Gasteiger partial charge on any atom is 0.224 e. The second-order valence-electron chi connectivity index (χ2n) is 8.10. The van der Waals surface area contributed by atoms with Gasteiger partial charge in [-0.25, -0.2) is 0 Å². The average molecular weight is 430 g/mol. The SMILES string of the molecule is C[C@@H]1CN(c2ccc(Cl)cc2)CCN1C[C@H](O)COc1ccc2c(c1)CCC(=O)N2. The Hall–Kier alpha value is -2.28. The van der Waals surface area contributed by atoms with Gasteiger partial charge in [-0.15, -0.1) is 0 Å². The highest BCUT2D eigenvalue weighted by molar-refractivity contribution is 6.30. The molecule has 0 unspecified atom stereocenters. The standard InChI is InChI=1S/C23H28ClN3O3/c1-16-13-27(19-5-3-18(24)4-6-19)11-10-26(16)14-20(28)15-30-21-7-8-22-17(12-21)2-9-23(29)25-22/h3-8,12,16,20,28H,2,9-11,13-15H2,1H3,(H,25,29)/t16-,20+/m1/s1. The molecule has 2 aliphatic rings. The Kier molecular flexibility index (Phi) is 6.46. The van der Waals surface area contributed by atoms with E-state index in [-0.39, 0.29) is 12.5 Å². The van der Waals surface area contributed by atoms with E-state index in [0.717, 1.165) is 48.1 Å². The number of hydrogen-bond acceptors (Lipinski definition) is 5. The van der Waals surface area contributed by atoms with Crippen LogP contribution in [0.25, 0.3) is 0 Å². The van der Waals surface area contributed by atoms with E-state index in [1.807, 2.05) is 30.3 Å². The topological polar surface area (TPSA) is 65.0 Å². The van der Waals surface area contributed by atoms with E-state index in [4.69, 9.17) is 16.3 Å². The molecular weight excluding hydrogens is 402 g/mol. The van der Waals surface area contributed by atoms with Crippen molar-refractivity contribution in [2.24, 2.45) is 0 Å². The number of ether oxygens (including phenoxy) is 1. The van der Waals surface area contributed by atoms with E-state index in [9.17, 15) is 9.90 Å². The lowest BCUT2D eigenvalue weighted by molar-refractivity contribution is -0.116. The van der Waals surface area contributed by atoms with Gasteiger partial charge in [0.05, 0.1) is 0 Å². The molecule has 6 nitrogen and oxygen atoms in total. The van der Waals surface area contributed by atoms with Crippen LogP contribution >= 0.6 is 11.6 Å². The van der Waals surface area contributed by atoms with Gasteiger partial charge in [0.2, 0.25) is 5.91 Å². The van der Waals surface area contributed by atoms with E-state index in [1.54, 1.807) is 0 Å². The van der Waals surface area contributed by atoms with Gasteiger partial charge >= 0.3 is 0 Å². The fourth-order valence-corrected chi connectivity index (χ4v) is 4.24. The lowest BCUT2D eigenvalue weighted by Gasteiger charge is -2.41. The zero-order valence-electron chi connectivity index (χ0n) is 17.2. The molecular formula is C23H28ClN3O3. The van der Waals surface area contributed by atoms with Crippen LogP contribution in [-0.4, -0.2) is 60.8 Å². The van der Waals surface area contributed by atoms with E-state index in [2.05, 4.69) is 34.2 Å². The second-order valence-corrected chi connectivity index (χ2v) is 8.53. The van der Waals surface area contributed by atoms with Gasteiger partial charge in [0.15, 0.2) is 0 Å². The minimum Gasteiger partial charge on any atom is -0.491 e. The van der Waals surface area contributed by atoms with Crippen molar-refractivity contribution in [3.8, 4) is 5.75 Å². The van der Waals surface area contributed by atoms with Crippen LogP contribution in [0.15, 0.2) is 42.5 Å². The Bertz CT molecular complexity index is 890. The molecule has 2 aromatic carbocycles. The molecule has 2 aliphatic heterocycles. The Morgan fingerprint density at radius 3 is 2.77 bits per heavy atom. The number of carbonyl (C=O) groups is 1. The van der Waals surface area contributed by atoms with E-state index >= 15 is 0 Å². The number of aliphatic hydroxyl groups is 1. The Morgan fingerprint density at radius 1 is 1.20 bits per heavy atom. The average Bonchev–Trinajstić information content (AvgIpc) is 2.74. The van der Waals surface area contributed by atoms with Crippen LogP contribution in [0.4, 0.5) is 11.4 Å². The number of carbonyl (C=O) groups excluding carboxylic acids is 1. The lowest BCUT2D eigenvalue weighted by Crippen LogP contribution is -2.54. The molecule has 1 amide bonds. The van der Waals surface area contributed by atoms with E-state index in [0.29, 0.717) is 19.0 Å². The van der Waals surface area contributed by atoms with Gasteiger partial charge in [-0.1, -0.05) is 11.6 Å². The number of amides is 1. The predicted octanol–water partition coefficient (Wildman–Crippen LogP) is 3.18. The summed E-state index contributed by atoms with van der Waals surface area (Å²) in [6.45, 7) is 5.72. The number of nitrogens with one attached hydrogen (secondary N) is 1. The minimum atomic E-state index is -0.565. The summed E-state index contributed by atoms with van der Waals surface area (Å²) in [4.78, 5) is 16.1. The number of aliphatic hydroxyl groups excluding tert-OH is 1. The molecule has 7 heteroatoms. The second kappa shape index (κ2) is 9.25. The molecule has 4 rings (SSSR count). The molecule has 0 saturated carbocycles. The summed E-state index contributed by atoms with van der Waals surface area (Å²) in [5.74, 6) is 0.779. The molecule has 0 bridgehead atoms. The van der Waals surface area contributed by atoms with Crippen LogP contribution in [0, 0.1) is 0 Å². The van der Waals surface area contributed by atoms with Crippen LogP contribution in [0.3, 0.4) is 0 Å². The number of hydrogen-bond donors (Lipinski definition) is 2. The first kappa shape index (κ1) is 21.0. The summed E-state index contributed by atoms with van der Waals surface area (Å²) < 4.78 is 5.83. The summed E-state index contributed by atoms with van der Waals surface area (Å²) in [5.41, 5.74) is 3.11. The number of halogens is 1. The van der Waals surface area contributed by atoms with Crippen molar-refractivity contribution in [1.29, 1.82) is 0 Å². The molecule has 1 saturated heterocycles. The molecule has 2 atom stereocenters. The third-order valence-electron chi connectivity index (χ3n) is 5.82. The van der Waals surface area contributed by atoms with Crippen molar-refractivity contribution in [3.63, 3.8) is 0 Å². The van der Waals surface area contributed by atoms with Crippen molar-refractivity contribution >= 4 is 28.9 Å². The number of nitrogens with zero attached hydrogens (tertiary/aromatic N) is 2. The van der Waals surface area contributed by atoms with Crippen molar-refractivity contribution in [1.82, 2.24) is 4.90 Å². The van der Waals surface area contributed by atoms with Crippen molar-refractivity contribution in [2.45, 2.75) is 31.9 Å². The Balaban J connectivity index is 1.26. The first-order valence-electron chi connectivity index (χ1n) is 10.5. The Labute approximate surface area is 182 Å². The molecule has 2 heterocycles. The first-order valence-corrected chi connectivity index (χ1v) is 10.8. The molecule has 1 fully saturated rings. The van der Waals surface area contributed by atoms with Crippen LogP contribution < -0.4 is 15.0 Å². The van der Waals surface area contributed by atoms with Crippen LogP contribution in [0.2, 0.25) is 5.02 Å². The fraction of sp³-hybridized carbons (Fsp3) is 0.435. The molecule has 0 aliphatic carbocycles. The molecule has 0 aromatic heterocycles. The van der Waals surface area contributed by atoms with E-state index in [1.165, 1.54) is 5.69 Å². The van der Waals surface area contributed by atoms with Gasteiger partial charge in [0.25, 0.3) is 0 Å². The number of aryl methyl sites for hydroxylation is 1. The van der Waals surface area contributed by atoms with Gasteiger partial charge < -0.3 is 20.1 Å². The largest absolute Gasteiger partial charge is 0.491 e. The molecule has 0 spiro atoms. The van der Waals surface area contributed by atoms with Crippen molar-refractivity contribution in [2.75, 3.05) is 43.0 Å². The highest BCUT2D eigenvalue weighted by Crippen LogP contribution is 2.27. The van der Waals surface area contributed by atoms with Gasteiger partial charge in [0, 0.05) is 55.0 Å². The van der Waals surface area contributed by atoms with Crippen LogP contribution in [0.1, 0.15) is 18.9 Å². The number of β-amino-alcohol motifs (C(OH)–C–C–N with tert-alkyl or cyclic N) is 1. The summed E-state index contributed by atoms with van der Waals surface area (Å²) in [5, 5.41) is 14.1. The number of rotatable bonds is 6. The molecule has 30 heavy (non-hydrogen) atoms. The smallest absolute Gasteiger partial charge is 0.224 e.